The minimum atomic E-state index is -0.788. The highest BCUT2D eigenvalue weighted by atomic mass is 16.6. The number of hydrogen-bond donors (Lipinski definition) is 0. The van der Waals surface area contributed by atoms with E-state index in [0.29, 0.717) is 19.3 Å². The number of allylic oxidation sites excluding steroid dienone is 12. The van der Waals surface area contributed by atoms with Gasteiger partial charge < -0.3 is 14.2 Å². The third-order valence-corrected chi connectivity index (χ3v) is 11.4. The first-order valence-corrected chi connectivity index (χ1v) is 26.9. The Kier molecular flexibility index (Phi) is 49.9. The van der Waals surface area contributed by atoms with Gasteiger partial charge in [-0.25, -0.2) is 0 Å². The minimum Gasteiger partial charge on any atom is -0.462 e. The monoisotopic (exact) mass is 893 g/mol. The van der Waals surface area contributed by atoms with E-state index in [1.807, 2.05) is 0 Å². The normalized spacial score (nSPS) is 12.6. The maximum absolute atomic E-state index is 12.8. The van der Waals surface area contributed by atoms with Gasteiger partial charge in [0, 0.05) is 19.3 Å². The number of hydrogen-bond acceptors (Lipinski definition) is 6. The van der Waals surface area contributed by atoms with Crippen molar-refractivity contribution in [3.05, 3.63) is 72.9 Å². The number of carbonyl (C=O) groups excluding carboxylic acids is 3. The summed E-state index contributed by atoms with van der Waals surface area (Å²) in [5.41, 5.74) is 0. The van der Waals surface area contributed by atoms with E-state index in [1.165, 1.54) is 109 Å². The standard InChI is InChI=1S/C58H100O6/c1-4-7-10-13-16-19-22-25-27-29-31-33-36-39-42-45-48-51-57(60)63-54-55(53-62-56(59)50-47-44-41-38-35-24-21-18-15-12-9-6-3)64-58(61)52-49-46-43-40-37-34-32-30-28-26-23-20-17-14-11-8-5-2/h7,10,16-17,19-20,25-28,31,33,55H,4-6,8-9,11-15,18,21-24,29-30,32,34-54H2,1-3H3/b10-7-,19-16-,20-17-,27-25-,28-26-,33-31-. The summed E-state index contributed by atoms with van der Waals surface area (Å²) in [6, 6.07) is 0. The first-order chi connectivity index (χ1) is 31.5. The minimum absolute atomic E-state index is 0.0850. The third kappa shape index (κ3) is 49.9. The van der Waals surface area contributed by atoms with Crippen molar-refractivity contribution in [1.29, 1.82) is 0 Å². The molecule has 1 atom stereocenters. The van der Waals surface area contributed by atoms with Crippen LogP contribution in [0.5, 0.6) is 0 Å². The summed E-state index contributed by atoms with van der Waals surface area (Å²) in [6.07, 6.45) is 65.9. The van der Waals surface area contributed by atoms with Crippen molar-refractivity contribution in [2.24, 2.45) is 0 Å². The van der Waals surface area contributed by atoms with Gasteiger partial charge in [-0.2, -0.15) is 0 Å². The van der Waals surface area contributed by atoms with E-state index in [9.17, 15) is 14.4 Å². The van der Waals surface area contributed by atoms with Crippen LogP contribution in [0.15, 0.2) is 72.9 Å². The molecular formula is C58H100O6. The second-order valence-electron chi connectivity index (χ2n) is 17.8. The molecule has 0 aromatic carbocycles. The van der Waals surface area contributed by atoms with Crippen molar-refractivity contribution in [2.45, 2.75) is 264 Å². The van der Waals surface area contributed by atoms with Gasteiger partial charge in [-0.1, -0.05) is 222 Å². The molecule has 0 N–H and O–H groups in total. The zero-order valence-corrected chi connectivity index (χ0v) is 42.0. The molecule has 0 aromatic heterocycles. The lowest BCUT2D eigenvalue weighted by atomic mass is 10.0. The van der Waals surface area contributed by atoms with Gasteiger partial charge in [0.15, 0.2) is 6.10 Å². The third-order valence-electron chi connectivity index (χ3n) is 11.4. The predicted octanol–water partition coefficient (Wildman–Crippen LogP) is 17.8. The van der Waals surface area contributed by atoms with Crippen molar-refractivity contribution in [3.8, 4) is 0 Å². The molecule has 1 unspecified atom stereocenters. The Morgan fingerprint density at radius 3 is 0.984 bits per heavy atom. The first kappa shape index (κ1) is 60.9. The van der Waals surface area contributed by atoms with Crippen molar-refractivity contribution in [3.63, 3.8) is 0 Å². The Labute approximate surface area is 395 Å². The van der Waals surface area contributed by atoms with E-state index in [2.05, 4.69) is 93.7 Å². The molecule has 368 valence electrons. The van der Waals surface area contributed by atoms with Crippen molar-refractivity contribution in [1.82, 2.24) is 0 Å². The van der Waals surface area contributed by atoms with Crippen LogP contribution in [0.2, 0.25) is 0 Å². The van der Waals surface area contributed by atoms with Crippen LogP contribution < -0.4 is 0 Å². The van der Waals surface area contributed by atoms with Gasteiger partial charge in [-0.3, -0.25) is 14.4 Å². The summed E-state index contributed by atoms with van der Waals surface area (Å²) in [6.45, 7) is 6.48. The van der Waals surface area contributed by atoms with Crippen LogP contribution >= 0.6 is 0 Å². The summed E-state index contributed by atoms with van der Waals surface area (Å²) in [5.74, 6) is -0.913. The second-order valence-corrected chi connectivity index (χ2v) is 17.8. The van der Waals surface area contributed by atoms with Gasteiger partial charge in [-0.05, 0) is 89.9 Å². The smallest absolute Gasteiger partial charge is 0.306 e. The molecule has 0 aliphatic heterocycles. The summed E-state index contributed by atoms with van der Waals surface area (Å²) < 4.78 is 16.8. The van der Waals surface area contributed by atoms with E-state index < -0.39 is 6.10 Å². The summed E-state index contributed by atoms with van der Waals surface area (Å²) in [7, 11) is 0. The van der Waals surface area contributed by atoms with Crippen molar-refractivity contribution >= 4 is 17.9 Å². The van der Waals surface area contributed by atoms with Gasteiger partial charge in [0.25, 0.3) is 0 Å². The zero-order chi connectivity index (χ0) is 46.5. The molecule has 0 saturated heterocycles. The van der Waals surface area contributed by atoms with E-state index in [4.69, 9.17) is 14.2 Å². The summed E-state index contributed by atoms with van der Waals surface area (Å²) in [4.78, 5) is 38.0. The van der Waals surface area contributed by atoms with Gasteiger partial charge in [0.2, 0.25) is 0 Å². The average molecular weight is 893 g/mol. The molecule has 0 heterocycles. The Morgan fingerprint density at radius 1 is 0.328 bits per heavy atom. The van der Waals surface area contributed by atoms with Gasteiger partial charge in [0.05, 0.1) is 0 Å². The van der Waals surface area contributed by atoms with E-state index >= 15 is 0 Å². The van der Waals surface area contributed by atoms with Crippen LogP contribution in [0, 0.1) is 0 Å². The van der Waals surface area contributed by atoms with Crippen LogP contribution in [-0.4, -0.2) is 37.2 Å². The first-order valence-electron chi connectivity index (χ1n) is 26.9. The molecule has 0 aromatic rings. The van der Waals surface area contributed by atoms with Gasteiger partial charge in [-0.15, -0.1) is 0 Å². The molecule has 0 amide bonds. The fourth-order valence-electron chi connectivity index (χ4n) is 7.40. The molecule has 0 radical (unpaired) electrons. The molecule has 0 saturated carbocycles. The molecule has 0 rings (SSSR count). The van der Waals surface area contributed by atoms with Gasteiger partial charge in [0.1, 0.15) is 13.2 Å². The Hall–Kier alpha value is -3.15. The highest BCUT2D eigenvalue weighted by molar-refractivity contribution is 5.71. The average Bonchev–Trinajstić information content (AvgIpc) is 3.29. The number of carbonyl (C=O) groups is 3. The molecule has 0 bridgehead atoms. The molecule has 0 aliphatic rings. The lowest BCUT2D eigenvalue weighted by Crippen LogP contribution is -2.30. The topological polar surface area (TPSA) is 78.9 Å². The maximum atomic E-state index is 12.8. The SMILES string of the molecule is CC/C=C\C/C=C\C/C=C\C/C=C\CCCCCCC(=O)OCC(COC(=O)CCCCCCCCCCCCCC)OC(=O)CCCCCCCCC/C=C\C/C=C\CCCCC. The predicted molar refractivity (Wildman–Crippen MR) is 274 cm³/mol. The van der Waals surface area contributed by atoms with E-state index in [-0.39, 0.29) is 31.1 Å². The van der Waals surface area contributed by atoms with E-state index in [1.54, 1.807) is 0 Å². The molecule has 6 heteroatoms. The molecule has 64 heavy (non-hydrogen) atoms. The lowest BCUT2D eigenvalue weighted by Gasteiger charge is -2.18. The van der Waals surface area contributed by atoms with Crippen LogP contribution in [-0.2, 0) is 28.6 Å². The highest BCUT2D eigenvalue weighted by Gasteiger charge is 2.19. The number of ether oxygens (including phenoxy) is 3. The quantitative estimate of drug-likeness (QED) is 0.0262. The van der Waals surface area contributed by atoms with Crippen molar-refractivity contribution in [2.75, 3.05) is 13.2 Å². The summed E-state index contributed by atoms with van der Waals surface area (Å²) in [5, 5.41) is 0. The number of esters is 3. The molecule has 6 nitrogen and oxygen atoms in total. The van der Waals surface area contributed by atoms with Crippen LogP contribution in [0.25, 0.3) is 0 Å². The molecule has 0 aliphatic carbocycles. The lowest BCUT2D eigenvalue weighted by molar-refractivity contribution is -0.167. The van der Waals surface area contributed by atoms with Crippen LogP contribution in [0.4, 0.5) is 0 Å². The Bertz CT molecular complexity index is 1210. The fourth-order valence-corrected chi connectivity index (χ4v) is 7.40. The Morgan fingerprint density at radius 2 is 0.609 bits per heavy atom. The highest BCUT2D eigenvalue weighted by Crippen LogP contribution is 2.15. The molecule has 0 spiro atoms. The zero-order valence-electron chi connectivity index (χ0n) is 42.0. The Balaban J connectivity index is 4.42. The maximum Gasteiger partial charge on any atom is 0.306 e. The van der Waals surface area contributed by atoms with Crippen LogP contribution in [0.3, 0.4) is 0 Å². The van der Waals surface area contributed by atoms with Crippen LogP contribution in [0.1, 0.15) is 258 Å². The summed E-state index contributed by atoms with van der Waals surface area (Å²) >= 11 is 0. The fraction of sp³-hybridized carbons (Fsp3) is 0.741. The number of unbranched alkanes of at least 4 members (excludes halogenated alkanes) is 25. The van der Waals surface area contributed by atoms with Crippen molar-refractivity contribution < 1.29 is 28.6 Å². The largest absolute Gasteiger partial charge is 0.462 e. The number of rotatable bonds is 48. The van der Waals surface area contributed by atoms with E-state index in [0.717, 1.165) is 109 Å². The molecule has 0 fully saturated rings. The van der Waals surface area contributed by atoms with Gasteiger partial charge >= 0.3 is 17.9 Å². The second kappa shape index (κ2) is 52.5. The molecular weight excluding hydrogens is 793 g/mol.